The van der Waals surface area contributed by atoms with Gasteiger partial charge in [0.2, 0.25) is 15.9 Å². The molecule has 8 heteroatoms. The summed E-state index contributed by atoms with van der Waals surface area (Å²) in [7, 11) is -0.834. The largest absolute Gasteiger partial charge is 0.477 e. The Morgan fingerprint density at radius 3 is 2.35 bits per heavy atom. The molecule has 0 aliphatic carbocycles. The van der Waals surface area contributed by atoms with E-state index in [0.29, 0.717) is 11.0 Å². The number of hydrogen-bond donors (Lipinski definition) is 2. The summed E-state index contributed by atoms with van der Waals surface area (Å²) in [6, 6.07) is 6.50. The molecule has 0 saturated heterocycles. The summed E-state index contributed by atoms with van der Waals surface area (Å²) in [6.07, 6.45) is 0.978. The predicted molar refractivity (Wildman–Crippen MR) is 76.5 cm³/mol. The topological polar surface area (TPSA) is 114 Å². The van der Waals surface area contributed by atoms with Crippen molar-refractivity contribution in [2.75, 3.05) is 24.7 Å². The van der Waals surface area contributed by atoms with Crippen molar-refractivity contribution in [3.8, 4) is 0 Å². The smallest absolute Gasteiger partial charge is 0.341 e. The third kappa shape index (κ3) is 2.91. The maximum atomic E-state index is 11.5. The molecule has 0 atom stereocenters. The molecule has 2 rings (SSSR count). The van der Waals surface area contributed by atoms with Crippen molar-refractivity contribution < 1.29 is 22.7 Å². The summed E-state index contributed by atoms with van der Waals surface area (Å²) in [6.45, 7) is 0. The predicted octanol–water partition coefficient (Wildman–Crippen LogP) is 1.10. The molecule has 0 aliphatic rings. The van der Waals surface area contributed by atoms with E-state index in [-0.39, 0.29) is 11.4 Å². The molecular weight excluding hydrogens is 284 g/mol. The van der Waals surface area contributed by atoms with Crippen molar-refractivity contribution in [1.29, 1.82) is 0 Å². The van der Waals surface area contributed by atoms with Gasteiger partial charge in [-0.05, 0) is 13.1 Å². The third-order valence-corrected chi connectivity index (χ3v) is 3.73. The zero-order chi connectivity index (χ0) is 15.5. The summed E-state index contributed by atoms with van der Waals surface area (Å²) < 4.78 is 29.0. The van der Waals surface area contributed by atoms with Gasteiger partial charge < -0.3 is 15.3 Å². The number of carbonyl (C=O) groups is 1. The van der Waals surface area contributed by atoms with Crippen molar-refractivity contribution in [3.63, 3.8) is 0 Å². The molecule has 20 heavy (non-hydrogen) atoms. The Kier molecular flexibility index (Phi) is 4.74. The van der Waals surface area contributed by atoms with Crippen LogP contribution in [0.5, 0.6) is 0 Å². The number of para-hydroxylation sites is 1. The number of sulfonamides is 1. The van der Waals surface area contributed by atoms with Gasteiger partial charge >= 0.3 is 5.97 Å². The van der Waals surface area contributed by atoms with E-state index in [9.17, 15) is 18.3 Å². The van der Waals surface area contributed by atoms with Gasteiger partial charge in [0.05, 0.1) is 6.26 Å². The van der Waals surface area contributed by atoms with Crippen LogP contribution in [-0.4, -0.2) is 39.8 Å². The van der Waals surface area contributed by atoms with Gasteiger partial charge in [-0.3, -0.25) is 0 Å². The van der Waals surface area contributed by atoms with Crippen LogP contribution in [-0.2, 0) is 10.0 Å². The van der Waals surface area contributed by atoms with Crippen LogP contribution in [0.2, 0.25) is 0 Å². The number of benzene rings is 1. The number of nitrogens with two attached hydrogens (primary N) is 1. The Bertz CT molecular complexity index is 721. The number of nitrogens with zero attached hydrogens (tertiary/aromatic N) is 1. The maximum Gasteiger partial charge on any atom is 0.341 e. The summed E-state index contributed by atoms with van der Waals surface area (Å²) in [4.78, 5) is 11.2. The Labute approximate surface area is 116 Å². The van der Waals surface area contributed by atoms with Gasteiger partial charge in [-0.25, -0.2) is 17.5 Å². The van der Waals surface area contributed by atoms with E-state index in [4.69, 9.17) is 4.42 Å². The number of aromatic carboxylic acids is 1. The summed E-state index contributed by atoms with van der Waals surface area (Å²) in [5.41, 5.74) is 4.68. The fourth-order valence-corrected chi connectivity index (χ4v) is 2.04. The van der Waals surface area contributed by atoms with Gasteiger partial charge in [-0.1, -0.05) is 18.2 Å². The quantitative estimate of drug-likeness (QED) is 0.877. The first-order valence-electron chi connectivity index (χ1n) is 5.59. The van der Waals surface area contributed by atoms with Crippen LogP contribution in [0.3, 0.4) is 0 Å². The standard InChI is InChI=1S/C11H11NO5S.CH5N/c1-12(18(2,15)16)10-9(11(13)14)7-5-3-4-6-8(7)17-10;1-2/h3-6H,1-2H3,(H,13,14);2H2,1H3. The lowest BCUT2D eigenvalue weighted by molar-refractivity contribution is 0.0699. The normalized spacial score (nSPS) is 10.8. The average Bonchev–Trinajstić information content (AvgIpc) is 2.78. The van der Waals surface area contributed by atoms with Crippen LogP contribution in [0.1, 0.15) is 10.4 Å². The summed E-state index contributed by atoms with van der Waals surface area (Å²) >= 11 is 0. The van der Waals surface area contributed by atoms with Crippen LogP contribution in [0.4, 0.5) is 5.88 Å². The van der Waals surface area contributed by atoms with Gasteiger partial charge in [-0.2, -0.15) is 0 Å². The lowest BCUT2D eigenvalue weighted by Gasteiger charge is -2.13. The highest BCUT2D eigenvalue weighted by Crippen LogP contribution is 2.32. The number of anilines is 1. The summed E-state index contributed by atoms with van der Waals surface area (Å²) in [5, 5.41) is 9.56. The second-order valence-electron chi connectivity index (χ2n) is 3.81. The molecule has 0 aliphatic heterocycles. The molecule has 2 aromatic rings. The minimum atomic E-state index is -3.58. The molecule has 0 saturated carbocycles. The fraction of sp³-hybridized carbons (Fsp3) is 0.250. The van der Waals surface area contributed by atoms with Crippen molar-refractivity contribution >= 4 is 32.8 Å². The molecule has 1 aromatic heterocycles. The van der Waals surface area contributed by atoms with Gasteiger partial charge in [0.15, 0.2) is 0 Å². The van der Waals surface area contributed by atoms with E-state index in [1.165, 1.54) is 14.1 Å². The first kappa shape index (κ1) is 16.0. The minimum absolute atomic E-state index is 0.154. The van der Waals surface area contributed by atoms with Crippen molar-refractivity contribution in [3.05, 3.63) is 29.8 Å². The average molecular weight is 300 g/mol. The van der Waals surface area contributed by atoms with E-state index in [1.54, 1.807) is 24.3 Å². The van der Waals surface area contributed by atoms with Crippen molar-refractivity contribution in [2.24, 2.45) is 5.73 Å². The summed E-state index contributed by atoms with van der Waals surface area (Å²) in [5.74, 6) is -1.42. The molecule has 1 aromatic carbocycles. The molecule has 0 amide bonds. The zero-order valence-electron chi connectivity index (χ0n) is 11.3. The first-order valence-corrected chi connectivity index (χ1v) is 7.43. The highest BCUT2D eigenvalue weighted by atomic mass is 32.2. The number of furan rings is 1. The van der Waals surface area contributed by atoms with Crippen LogP contribution >= 0.6 is 0 Å². The SMILES string of the molecule is CN.CN(c1oc2ccccc2c1C(=O)O)S(C)(=O)=O. The van der Waals surface area contributed by atoms with E-state index in [1.807, 2.05) is 0 Å². The van der Waals surface area contributed by atoms with Crippen molar-refractivity contribution in [2.45, 2.75) is 0 Å². The number of carboxylic acid groups (broad SMARTS) is 1. The van der Waals surface area contributed by atoms with Crippen LogP contribution in [0, 0.1) is 0 Å². The number of carboxylic acids is 1. The lowest BCUT2D eigenvalue weighted by Crippen LogP contribution is -2.25. The molecule has 110 valence electrons. The monoisotopic (exact) mass is 300 g/mol. The highest BCUT2D eigenvalue weighted by molar-refractivity contribution is 7.92. The maximum absolute atomic E-state index is 11.5. The Morgan fingerprint density at radius 2 is 1.85 bits per heavy atom. The molecule has 0 spiro atoms. The molecule has 3 N–H and O–H groups in total. The number of hydrogen-bond acceptors (Lipinski definition) is 5. The first-order chi connectivity index (χ1) is 9.32. The molecule has 0 fully saturated rings. The van der Waals surface area contributed by atoms with E-state index >= 15 is 0 Å². The Hall–Kier alpha value is -2.06. The molecule has 7 nitrogen and oxygen atoms in total. The fourth-order valence-electron chi connectivity index (χ4n) is 1.61. The molecule has 0 unspecified atom stereocenters. The minimum Gasteiger partial charge on any atom is -0.477 e. The molecule has 0 bridgehead atoms. The van der Waals surface area contributed by atoms with Gasteiger partial charge in [-0.15, -0.1) is 0 Å². The second kappa shape index (κ2) is 5.93. The molecule has 0 radical (unpaired) electrons. The van der Waals surface area contributed by atoms with E-state index in [0.717, 1.165) is 10.6 Å². The lowest BCUT2D eigenvalue weighted by atomic mass is 10.1. The van der Waals surface area contributed by atoms with Gasteiger partial charge in [0, 0.05) is 12.4 Å². The number of fused-ring (bicyclic) bond motifs is 1. The zero-order valence-corrected chi connectivity index (χ0v) is 12.1. The Balaban J connectivity index is 0.000000956. The van der Waals surface area contributed by atoms with Gasteiger partial charge in [0.25, 0.3) is 0 Å². The molecular formula is C12H16N2O5S. The van der Waals surface area contributed by atoms with Crippen LogP contribution in [0.15, 0.2) is 28.7 Å². The van der Waals surface area contributed by atoms with Crippen LogP contribution in [0.25, 0.3) is 11.0 Å². The van der Waals surface area contributed by atoms with E-state index in [2.05, 4.69) is 5.73 Å². The Morgan fingerprint density at radius 1 is 1.30 bits per heavy atom. The molecule has 1 heterocycles. The van der Waals surface area contributed by atoms with Crippen LogP contribution < -0.4 is 10.0 Å². The van der Waals surface area contributed by atoms with E-state index < -0.39 is 16.0 Å². The second-order valence-corrected chi connectivity index (χ2v) is 5.83. The third-order valence-electron chi connectivity index (χ3n) is 2.57. The van der Waals surface area contributed by atoms with Gasteiger partial charge in [0.1, 0.15) is 11.1 Å². The van der Waals surface area contributed by atoms with Crippen molar-refractivity contribution in [1.82, 2.24) is 0 Å². The highest BCUT2D eigenvalue weighted by Gasteiger charge is 2.26. The number of rotatable bonds is 3.